The first kappa shape index (κ1) is 19.0. The molecule has 6 heteroatoms. The molecule has 0 aromatic carbocycles. The molecule has 0 saturated carbocycles. The van der Waals surface area contributed by atoms with Crippen LogP contribution >= 0.6 is 0 Å². The van der Waals surface area contributed by atoms with E-state index in [1.807, 2.05) is 18.6 Å². The lowest BCUT2D eigenvalue weighted by Crippen LogP contribution is -2.34. The van der Waals surface area contributed by atoms with E-state index in [0.717, 1.165) is 62.9 Å². The molecule has 0 radical (unpaired) electrons. The van der Waals surface area contributed by atoms with Crippen molar-refractivity contribution < 1.29 is 0 Å². The zero-order valence-electron chi connectivity index (χ0n) is 16.4. The fourth-order valence-electron chi connectivity index (χ4n) is 3.67. The minimum absolute atomic E-state index is 0.718. The van der Waals surface area contributed by atoms with E-state index in [1.165, 1.54) is 18.7 Å². The molecule has 0 bridgehead atoms. The molecule has 1 saturated heterocycles. The number of hydrogen-bond acceptors (Lipinski definition) is 5. The normalized spacial score (nSPS) is 16.5. The van der Waals surface area contributed by atoms with Gasteiger partial charge in [-0.25, -0.2) is 4.98 Å². The summed E-state index contributed by atoms with van der Waals surface area (Å²) in [6, 6.07) is 0. The van der Waals surface area contributed by atoms with Gasteiger partial charge in [0.15, 0.2) is 0 Å². The first-order valence-corrected chi connectivity index (χ1v) is 9.81. The molecule has 142 valence electrons. The summed E-state index contributed by atoms with van der Waals surface area (Å²) in [6.07, 6.45) is 12.6. The second-order valence-electron chi connectivity index (χ2n) is 7.70. The Kier molecular flexibility index (Phi) is 6.74. The standard InChI is InChI=1S/C20H32N6/c1-4-8-26-11-7-21-20(26)16-25-9-5-17(6-10-25)12-18-13-23-19(14-22-18)15-24(2)3/h7,11,13-14,17H,4-6,8-10,12,15-16H2,1-3H3. The van der Waals surface area contributed by atoms with E-state index >= 15 is 0 Å². The van der Waals surface area contributed by atoms with Gasteiger partial charge in [0.2, 0.25) is 0 Å². The zero-order valence-corrected chi connectivity index (χ0v) is 16.4. The van der Waals surface area contributed by atoms with Gasteiger partial charge in [-0.15, -0.1) is 0 Å². The van der Waals surface area contributed by atoms with Crippen LogP contribution in [0, 0.1) is 5.92 Å². The Bertz CT molecular complexity index is 655. The van der Waals surface area contributed by atoms with E-state index in [-0.39, 0.29) is 0 Å². The number of aromatic nitrogens is 4. The van der Waals surface area contributed by atoms with Crippen LogP contribution in [0.15, 0.2) is 24.8 Å². The van der Waals surface area contributed by atoms with E-state index < -0.39 is 0 Å². The van der Waals surface area contributed by atoms with Gasteiger partial charge >= 0.3 is 0 Å². The van der Waals surface area contributed by atoms with Crippen LogP contribution in [0.4, 0.5) is 0 Å². The third-order valence-electron chi connectivity index (χ3n) is 5.07. The topological polar surface area (TPSA) is 50.1 Å². The van der Waals surface area contributed by atoms with Gasteiger partial charge in [-0.2, -0.15) is 0 Å². The van der Waals surface area contributed by atoms with Crippen molar-refractivity contribution in [2.75, 3.05) is 27.2 Å². The molecule has 0 aliphatic carbocycles. The average molecular weight is 357 g/mol. The monoisotopic (exact) mass is 356 g/mol. The second kappa shape index (κ2) is 9.24. The van der Waals surface area contributed by atoms with Gasteiger partial charge in [-0.3, -0.25) is 14.9 Å². The third-order valence-corrected chi connectivity index (χ3v) is 5.07. The highest BCUT2D eigenvalue weighted by Crippen LogP contribution is 2.22. The fourth-order valence-corrected chi connectivity index (χ4v) is 3.67. The number of aryl methyl sites for hydroxylation is 1. The SMILES string of the molecule is CCCn1ccnc1CN1CCC(Cc2cnc(CN(C)C)cn2)CC1. The minimum atomic E-state index is 0.718. The first-order valence-electron chi connectivity index (χ1n) is 9.81. The molecule has 3 heterocycles. The van der Waals surface area contributed by atoms with Gasteiger partial charge in [0.25, 0.3) is 0 Å². The number of hydrogen-bond donors (Lipinski definition) is 0. The van der Waals surface area contributed by atoms with E-state index in [0.29, 0.717) is 0 Å². The van der Waals surface area contributed by atoms with Crippen molar-refractivity contribution in [1.29, 1.82) is 0 Å². The van der Waals surface area contributed by atoms with Crippen molar-refractivity contribution in [3.63, 3.8) is 0 Å². The Morgan fingerprint density at radius 3 is 2.46 bits per heavy atom. The number of likely N-dealkylation sites (tertiary alicyclic amines) is 1. The summed E-state index contributed by atoms with van der Waals surface area (Å²) in [5.74, 6) is 1.92. The van der Waals surface area contributed by atoms with Crippen molar-refractivity contribution in [2.45, 2.75) is 52.2 Å². The van der Waals surface area contributed by atoms with Crippen LogP contribution in [0.3, 0.4) is 0 Å². The van der Waals surface area contributed by atoms with E-state index in [4.69, 9.17) is 0 Å². The lowest BCUT2D eigenvalue weighted by atomic mass is 9.92. The van der Waals surface area contributed by atoms with Gasteiger partial charge in [-0.1, -0.05) is 6.92 Å². The summed E-state index contributed by atoms with van der Waals surface area (Å²) in [4.78, 5) is 18.4. The van der Waals surface area contributed by atoms with Crippen LogP contribution in [0.2, 0.25) is 0 Å². The second-order valence-corrected chi connectivity index (χ2v) is 7.70. The van der Waals surface area contributed by atoms with Gasteiger partial charge in [0.05, 0.1) is 24.1 Å². The summed E-state index contributed by atoms with van der Waals surface area (Å²) in [5, 5.41) is 0. The van der Waals surface area contributed by atoms with Crippen LogP contribution in [0.25, 0.3) is 0 Å². The van der Waals surface area contributed by atoms with Crippen LogP contribution in [0.5, 0.6) is 0 Å². The molecule has 0 spiro atoms. The summed E-state index contributed by atoms with van der Waals surface area (Å²) in [7, 11) is 4.11. The van der Waals surface area contributed by atoms with Gasteiger partial charge in [-0.05, 0) is 58.8 Å². The van der Waals surface area contributed by atoms with Crippen molar-refractivity contribution in [3.05, 3.63) is 42.0 Å². The lowest BCUT2D eigenvalue weighted by molar-refractivity contribution is 0.171. The average Bonchev–Trinajstić information content (AvgIpc) is 3.05. The van der Waals surface area contributed by atoms with Crippen molar-refractivity contribution in [2.24, 2.45) is 5.92 Å². The number of piperidine rings is 1. The smallest absolute Gasteiger partial charge is 0.122 e. The van der Waals surface area contributed by atoms with Crippen molar-refractivity contribution >= 4 is 0 Å². The molecule has 3 rings (SSSR count). The molecular weight excluding hydrogens is 324 g/mol. The maximum Gasteiger partial charge on any atom is 0.122 e. The Labute approximate surface area is 157 Å². The summed E-state index contributed by atoms with van der Waals surface area (Å²) >= 11 is 0. The fraction of sp³-hybridized carbons (Fsp3) is 0.650. The molecule has 6 nitrogen and oxygen atoms in total. The maximum absolute atomic E-state index is 4.62. The number of rotatable bonds is 8. The Balaban J connectivity index is 1.45. The highest BCUT2D eigenvalue weighted by Gasteiger charge is 2.21. The van der Waals surface area contributed by atoms with Crippen LogP contribution in [-0.2, 0) is 26.1 Å². The van der Waals surface area contributed by atoms with Crippen LogP contribution < -0.4 is 0 Å². The highest BCUT2D eigenvalue weighted by atomic mass is 15.2. The Morgan fingerprint density at radius 2 is 1.81 bits per heavy atom. The van der Waals surface area contributed by atoms with Crippen molar-refractivity contribution in [3.8, 4) is 0 Å². The summed E-state index contributed by atoms with van der Waals surface area (Å²) in [6.45, 7) is 7.39. The summed E-state index contributed by atoms with van der Waals surface area (Å²) < 4.78 is 2.29. The number of nitrogens with zero attached hydrogens (tertiary/aromatic N) is 6. The molecular formula is C20H32N6. The molecule has 1 aliphatic rings. The van der Waals surface area contributed by atoms with Gasteiger partial charge < -0.3 is 9.47 Å². The molecule has 0 unspecified atom stereocenters. The maximum atomic E-state index is 4.62. The molecule has 0 N–H and O–H groups in total. The largest absolute Gasteiger partial charge is 0.334 e. The quantitative estimate of drug-likeness (QED) is 0.728. The first-order chi connectivity index (χ1) is 12.6. The van der Waals surface area contributed by atoms with Crippen molar-refractivity contribution in [1.82, 2.24) is 29.3 Å². The molecule has 0 atom stereocenters. The highest BCUT2D eigenvalue weighted by molar-refractivity contribution is 5.03. The minimum Gasteiger partial charge on any atom is -0.334 e. The third kappa shape index (κ3) is 5.35. The van der Waals surface area contributed by atoms with Crippen LogP contribution in [-0.4, -0.2) is 56.5 Å². The van der Waals surface area contributed by atoms with E-state index in [9.17, 15) is 0 Å². The Morgan fingerprint density at radius 1 is 1.08 bits per heavy atom. The lowest BCUT2D eigenvalue weighted by Gasteiger charge is -2.31. The van der Waals surface area contributed by atoms with E-state index in [1.54, 1.807) is 0 Å². The zero-order chi connectivity index (χ0) is 18.4. The molecule has 26 heavy (non-hydrogen) atoms. The molecule has 2 aromatic heterocycles. The molecule has 1 aliphatic heterocycles. The molecule has 0 amide bonds. The Hall–Kier alpha value is -1.79. The van der Waals surface area contributed by atoms with E-state index in [2.05, 4.69) is 56.5 Å². The predicted molar refractivity (Wildman–Crippen MR) is 104 cm³/mol. The molecule has 2 aromatic rings. The number of imidazole rings is 1. The predicted octanol–water partition coefficient (Wildman–Crippen LogP) is 2.60. The van der Waals surface area contributed by atoms with Gasteiger partial charge in [0.1, 0.15) is 5.82 Å². The van der Waals surface area contributed by atoms with Crippen LogP contribution in [0.1, 0.15) is 43.4 Å². The molecule has 1 fully saturated rings. The summed E-state index contributed by atoms with van der Waals surface area (Å²) in [5.41, 5.74) is 2.17. The van der Waals surface area contributed by atoms with Gasteiger partial charge in [0, 0.05) is 31.7 Å².